The summed E-state index contributed by atoms with van der Waals surface area (Å²) in [5.41, 5.74) is -1.36. The number of esters is 1. The van der Waals surface area contributed by atoms with E-state index in [1.165, 1.54) is 30.0 Å². The topological polar surface area (TPSA) is 81.9 Å². The second kappa shape index (κ2) is 9.96. The maximum Gasteiger partial charge on any atom is 0.416 e. The maximum absolute atomic E-state index is 13.0. The second-order valence-electron chi connectivity index (χ2n) is 6.36. The first-order valence-corrected chi connectivity index (χ1v) is 9.25. The zero-order valence-electron chi connectivity index (χ0n) is 16.9. The summed E-state index contributed by atoms with van der Waals surface area (Å²) in [5, 5.41) is 11.5. The molecule has 0 spiro atoms. The van der Waals surface area contributed by atoms with Crippen molar-refractivity contribution in [1.29, 1.82) is 0 Å². The van der Waals surface area contributed by atoms with Gasteiger partial charge in [-0.2, -0.15) is 13.2 Å². The van der Waals surface area contributed by atoms with Crippen LogP contribution >= 0.6 is 0 Å². The van der Waals surface area contributed by atoms with Crippen molar-refractivity contribution in [2.75, 3.05) is 18.1 Å². The van der Waals surface area contributed by atoms with Crippen molar-refractivity contribution in [3.05, 3.63) is 70.8 Å². The number of carbonyl (C=O) groups excluding carboxylic acids is 1. The monoisotopic (exact) mass is 438 g/mol. The largest absolute Gasteiger partial charge is 0.479 e. The third-order valence-electron chi connectivity index (χ3n) is 4.18. The number of halogens is 3. The number of hydrogen-bond donors (Lipinski definition) is 0. The first-order valence-electron chi connectivity index (χ1n) is 9.25. The molecule has 0 heterocycles. The summed E-state index contributed by atoms with van der Waals surface area (Å²) >= 11 is 0. The molecule has 0 N–H and O–H groups in total. The number of nitrogens with zero attached hydrogens (tertiary/aromatic N) is 2. The molecule has 1 atom stereocenters. The van der Waals surface area contributed by atoms with E-state index in [-0.39, 0.29) is 18.8 Å². The molecular weight excluding hydrogens is 417 g/mol. The van der Waals surface area contributed by atoms with Crippen LogP contribution < -0.4 is 9.64 Å². The predicted octanol–water partition coefficient (Wildman–Crippen LogP) is 5.27. The fourth-order valence-corrected chi connectivity index (χ4v) is 2.76. The normalized spacial score (nSPS) is 12.0. The van der Waals surface area contributed by atoms with E-state index in [2.05, 4.69) is 6.58 Å². The Balaban J connectivity index is 2.37. The number of nitro benzene ring substituents is 1. The van der Waals surface area contributed by atoms with Crippen molar-refractivity contribution in [2.45, 2.75) is 26.1 Å². The van der Waals surface area contributed by atoms with Crippen LogP contribution in [0.5, 0.6) is 5.75 Å². The number of benzene rings is 2. The summed E-state index contributed by atoms with van der Waals surface area (Å²) in [6.07, 6.45) is -4.08. The SMILES string of the molecule is C=CCN(c1ccc(OC(C)C(=O)OCC)cc1)c1ccc(C(F)(F)F)cc1[N+](=O)[O-]. The van der Waals surface area contributed by atoms with E-state index in [0.717, 1.165) is 12.1 Å². The lowest BCUT2D eigenvalue weighted by Crippen LogP contribution is -2.26. The Morgan fingerprint density at radius 2 is 1.90 bits per heavy atom. The Kier molecular flexibility index (Phi) is 7.62. The van der Waals surface area contributed by atoms with Gasteiger partial charge in [-0.3, -0.25) is 10.1 Å². The maximum atomic E-state index is 13.0. The second-order valence-corrected chi connectivity index (χ2v) is 6.36. The predicted molar refractivity (Wildman–Crippen MR) is 108 cm³/mol. The molecule has 0 aliphatic heterocycles. The van der Waals surface area contributed by atoms with Crippen molar-refractivity contribution in [3.8, 4) is 5.75 Å². The number of carbonyl (C=O) groups is 1. The molecule has 0 saturated heterocycles. The van der Waals surface area contributed by atoms with E-state index in [0.29, 0.717) is 17.5 Å². The van der Waals surface area contributed by atoms with Gasteiger partial charge in [0.15, 0.2) is 6.10 Å². The lowest BCUT2D eigenvalue weighted by Gasteiger charge is -2.24. The molecule has 2 rings (SSSR count). The van der Waals surface area contributed by atoms with Gasteiger partial charge in [-0.05, 0) is 50.2 Å². The van der Waals surface area contributed by atoms with E-state index in [4.69, 9.17) is 9.47 Å². The van der Waals surface area contributed by atoms with Crippen molar-refractivity contribution in [2.24, 2.45) is 0 Å². The van der Waals surface area contributed by atoms with Crippen molar-refractivity contribution in [3.63, 3.8) is 0 Å². The van der Waals surface area contributed by atoms with Gasteiger partial charge < -0.3 is 14.4 Å². The third kappa shape index (κ3) is 5.97. The molecular formula is C21H21F3N2O5. The molecule has 31 heavy (non-hydrogen) atoms. The fourth-order valence-electron chi connectivity index (χ4n) is 2.76. The lowest BCUT2D eigenvalue weighted by atomic mass is 10.1. The minimum Gasteiger partial charge on any atom is -0.479 e. The van der Waals surface area contributed by atoms with Crippen molar-refractivity contribution < 1.29 is 32.4 Å². The highest BCUT2D eigenvalue weighted by Crippen LogP contribution is 2.39. The van der Waals surface area contributed by atoms with Crippen LogP contribution in [0, 0.1) is 10.1 Å². The van der Waals surface area contributed by atoms with Gasteiger partial charge in [0.1, 0.15) is 11.4 Å². The number of rotatable bonds is 9. The standard InChI is InChI=1S/C21H21F3N2O5/c1-4-12-25(18-11-6-15(21(22,23)24)13-19(18)26(28)29)16-7-9-17(10-8-16)31-14(3)20(27)30-5-2/h4,6-11,13-14H,1,5,12H2,2-3H3. The Morgan fingerprint density at radius 3 is 2.42 bits per heavy atom. The molecule has 0 bridgehead atoms. The Hall–Kier alpha value is -3.56. The molecule has 0 saturated carbocycles. The van der Waals surface area contributed by atoms with Gasteiger partial charge in [0.05, 0.1) is 17.1 Å². The zero-order chi connectivity index (χ0) is 23.2. The number of anilines is 2. The number of hydrogen-bond acceptors (Lipinski definition) is 6. The van der Waals surface area contributed by atoms with Crippen LogP contribution in [0.2, 0.25) is 0 Å². The first-order chi connectivity index (χ1) is 14.6. The quantitative estimate of drug-likeness (QED) is 0.230. The summed E-state index contributed by atoms with van der Waals surface area (Å²) < 4.78 is 49.3. The van der Waals surface area contributed by atoms with Crippen molar-refractivity contribution >= 4 is 23.0 Å². The molecule has 7 nitrogen and oxygen atoms in total. The van der Waals surface area contributed by atoms with Crippen LogP contribution in [-0.2, 0) is 15.7 Å². The summed E-state index contributed by atoms with van der Waals surface area (Å²) in [7, 11) is 0. The number of nitro groups is 1. The van der Waals surface area contributed by atoms with Crippen LogP contribution in [0.25, 0.3) is 0 Å². The Morgan fingerprint density at radius 1 is 1.26 bits per heavy atom. The van der Waals surface area contributed by atoms with E-state index < -0.39 is 34.4 Å². The first kappa shape index (κ1) is 23.7. The summed E-state index contributed by atoms with van der Waals surface area (Å²) in [4.78, 5) is 23.7. The van der Waals surface area contributed by atoms with E-state index in [9.17, 15) is 28.1 Å². The molecule has 2 aromatic rings. The average molecular weight is 438 g/mol. The molecule has 0 amide bonds. The van der Waals surface area contributed by atoms with Crippen LogP contribution in [0.4, 0.5) is 30.2 Å². The van der Waals surface area contributed by atoms with E-state index in [1.807, 2.05) is 0 Å². The van der Waals surface area contributed by atoms with E-state index >= 15 is 0 Å². The highest BCUT2D eigenvalue weighted by molar-refractivity contribution is 5.75. The fraction of sp³-hybridized carbons (Fsp3) is 0.286. The molecule has 1 unspecified atom stereocenters. The third-order valence-corrected chi connectivity index (χ3v) is 4.18. The molecule has 166 valence electrons. The minimum absolute atomic E-state index is 0.0218. The average Bonchev–Trinajstić information content (AvgIpc) is 2.71. The molecule has 2 aromatic carbocycles. The van der Waals surface area contributed by atoms with Gasteiger partial charge in [0.25, 0.3) is 5.69 Å². The number of ether oxygens (including phenoxy) is 2. The van der Waals surface area contributed by atoms with Gasteiger partial charge in [0.2, 0.25) is 0 Å². The summed E-state index contributed by atoms with van der Waals surface area (Å²) in [5.74, 6) is -0.176. The molecule has 0 aliphatic carbocycles. The van der Waals surface area contributed by atoms with Crippen LogP contribution in [0.3, 0.4) is 0 Å². The van der Waals surface area contributed by atoms with Gasteiger partial charge in [0, 0.05) is 18.3 Å². The Labute approximate surface area is 176 Å². The van der Waals surface area contributed by atoms with Crippen LogP contribution in [0.1, 0.15) is 19.4 Å². The molecule has 10 heteroatoms. The smallest absolute Gasteiger partial charge is 0.416 e. The van der Waals surface area contributed by atoms with Crippen molar-refractivity contribution in [1.82, 2.24) is 0 Å². The van der Waals surface area contributed by atoms with Gasteiger partial charge >= 0.3 is 12.1 Å². The minimum atomic E-state index is -4.71. The molecule has 0 aromatic heterocycles. The van der Waals surface area contributed by atoms with E-state index in [1.54, 1.807) is 19.1 Å². The summed E-state index contributed by atoms with van der Waals surface area (Å²) in [6.45, 7) is 7.13. The highest BCUT2D eigenvalue weighted by atomic mass is 19.4. The molecule has 0 aliphatic rings. The zero-order valence-corrected chi connectivity index (χ0v) is 16.9. The lowest BCUT2D eigenvalue weighted by molar-refractivity contribution is -0.384. The van der Waals surface area contributed by atoms with Crippen LogP contribution in [0.15, 0.2) is 55.1 Å². The molecule has 0 radical (unpaired) electrons. The Bertz CT molecular complexity index is 945. The van der Waals surface area contributed by atoms with Gasteiger partial charge in [-0.25, -0.2) is 4.79 Å². The van der Waals surface area contributed by atoms with Gasteiger partial charge in [-0.15, -0.1) is 6.58 Å². The summed E-state index contributed by atoms with van der Waals surface area (Å²) in [6, 6.07) is 8.56. The van der Waals surface area contributed by atoms with Crippen LogP contribution in [-0.4, -0.2) is 30.1 Å². The van der Waals surface area contributed by atoms with Gasteiger partial charge in [-0.1, -0.05) is 6.08 Å². The number of alkyl halides is 3. The molecule has 0 fully saturated rings. The highest BCUT2D eigenvalue weighted by Gasteiger charge is 2.34.